The summed E-state index contributed by atoms with van der Waals surface area (Å²) in [7, 11) is 1.66. The molecule has 0 aromatic heterocycles. The van der Waals surface area contributed by atoms with Gasteiger partial charge in [-0.05, 0) is 47.3 Å². The third-order valence-corrected chi connectivity index (χ3v) is 6.99. The summed E-state index contributed by atoms with van der Waals surface area (Å²) in [4.78, 5) is 12.8. The second-order valence-corrected chi connectivity index (χ2v) is 8.42. The van der Waals surface area contributed by atoms with Crippen molar-refractivity contribution in [2.24, 2.45) is 0 Å². The molecule has 0 fully saturated rings. The lowest BCUT2D eigenvalue weighted by Crippen LogP contribution is -2.40. The van der Waals surface area contributed by atoms with Crippen molar-refractivity contribution in [3.63, 3.8) is 0 Å². The van der Waals surface area contributed by atoms with Crippen molar-refractivity contribution in [3.05, 3.63) is 33.8 Å². The molecular weight excluding hydrogens is 504 g/mol. The van der Waals surface area contributed by atoms with Crippen LogP contribution in [0.1, 0.15) is 48.5 Å². The Morgan fingerprint density at radius 3 is 2.54 bits per heavy atom. The predicted octanol–water partition coefficient (Wildman–Crippen LogP) is 6.04. The molecule has 0 aliphatic rings. The van der Waals surface area contributed by atoms with Gasteiger partial charge < -0.3 is 9.47 Å². The van der Waals surface area contributed by atoms with Gasteiger partial charge in [-0.25, -0.2) is 4.79 Å². The molecule has 0 saturated heterocycles. The maximum absolute atomic E-state index is 12.7. The molecule has 3 atom stereocenters. The number of hydrogen-bond donors (Lipinski definition) is 0. The van der Waals surface area contributed by atoms with Gasteiger partial charge in [-0.2, -0.15) is 0 Å². The van der Waals surface area contributed by atoms with E-state index in [-0.39, 0.29) is 23.0 Å². The summed E-state index contributed by atoms with van der Waals surface area (Å²) in [5.74, 6) is -0.308. The van der Waals surface area contributed by atoms with Crippen molar-refractivity contribution in [2.75, 3.05) is 12.4 Å². The highest BCUT2D eigenvalue weighted by Crippen LogP contribution is 2.26. The smallest absolute Gasteiger partial charge is 0.339 e. The van der Waals surface area contributed by atoms with Gasteiger partial charge >= 0.3 is 5.97 Å². The van der Waals surface area contributed by atoms with Crippen LogP contribution >= 0.6 is 47.8 Å². The van der Waals surface area contributed by atoms with Gasteiger partial charge in [-0.1, -0.05) is 63.8 Å². The predicted molar refractivity (Wildman–Crippen MR) is 110 cm³/mol. The van der Waals surface area contributed by atoms with Crippen LogP contribution in [0.3, 0.4) is 0 Å². The third-order valence-electron chi connectivity index (χ3n) is 3.92. The summed E-state index contributed by atoms with van der Waals surface area (Å²) in [6.45, 7) is 4.07. The van der Waals surface area contributed by atoms with E-state index in [1.54, 1.807) is 7.11 Å². The first kappa shape index (κ1) is 22.1. The Labute approximate surface area is 170 Å². The average Bonchev–Trinajstić information content (AvgIpc) is 2.55. The van der Waals surface area contributed by atoms with E-state index in [4.69, 9.17) is 9.47 Å². The van der Waals surface area contributed by atoms with Crippen molar-refractivity contribution in [1.82, 2.24) is 0 Å². The summed E-state index contributed by atoms with van der Waals surface area (Å²) >= 11 is 10.5. The van der Waals surface area contributed by atoms with Crippen LogP contribution in [-0.2, 0) is 9.47 Å². The lowest BCUT2D eigenvalue weighted by atomic mass is 10.0. The Hall–Kier alpha value is 0.0900. The fourth-order valence-electron chi connectivity index (χ4n) is 2.59. The largest absolute Gasteiger partial charge is 0.456 e. The van der Waals surface area contributed by atoms with Crippen molar-refractivity contribution >= 4 is 53.8 Å². The van der Waals surface area contributed by atoms with Gasteiger partial charge in [0, 0.05) is 16.9 Å². The molecule has 0 radical (unpaired) electrons. The average molecular weight is 529 g/mol. The van der Waals surface area contributed by atoms with E-state index >= 15 is 0 Å². The molecule has 24 heavy (non-hydrogen) atoms. The maximum Gasteiger partial charge on any atom is 0.339 e. The molecule has 136 valence electrons. The molecule has 0 N–H and O–H groups in total. The van der Waals surface area contributed by atoms with E-state index in [1.807, 2.05) is 25.1 Å². The number of carbonyl (C=O) groups is 1. The molecule has 1 unspecified atom stereocenters. The Balaban J connectivity index is 2.96. The molecule has 1 aromatic rings. The molecule has 0 aliphatic heterocycles. The Morgan fingerprint density at radius 1 is 1.29 bits per heavy atom. The van der Waals surface area contributed by atoms with Crippen LogP contribution in [0.15, 0.2) is 22.7 Å². The van der Waals surface area contributed by atoms with Crippen LogP contribution in [0.25, 0.3) is 0 Å². The SMILES string of the molecule is CCCCC[C@H](OC(=O)c1c(C)cccc1Br)[C@H](OC)C(Br)CBr. The van der Waals surface area contributed by atoms with E-state index in [0.717, 1.165) is 41.0 Å². The lowest BCUT2D eigenvalue weighted by Gasteiger charge is -2.29. The summed E-state index contributed by atoms with van der Waals surface area (Å²) in [6.07, 6.45) is 3.54. The number of methoxy groups -OCH3 is 1. The number of aryl methyl sites for hydroxylation is 1. The first-order valence-electron chi connectivity index (χ1n) is 8.15. The molecule has 0 saturated carbocycles. The molecule has 0 amide bonds. The lowest BCUT2D eigenvalue weighted by molar-refractivity contribution is -0.0373. The van der Waals surface area contributed by atoms with Crippen LogP contribution < -0.4 is 0 Å². The molecule has 6 heteroatoms. The van der Waals surface area contributed by atoms with Gasteiger partial charge in [0.2, 0.25) is 0 Å². The van der Waals surface area contributed by atoms with Gasteiger partial charge in [0.15, 0.2) is 0 Å². The number of rotatable bonds is 10. The monoisotopic (exact) mass is 526 g/mol. The standard InChI is InChI=1S/C18H25Br3O3/c1-4-5-6-10-15(17(23-3)14(21)11-19)24-18(22)16-12(2)8-7-9-13(16)20/h7-9,14-15,17H,4-6,10-11H2,1-3H3/t14?,15-,17+/m0/s1. The maximum atomic E-state index is 12.7. The van der Waals surface area contributed by atoms with Crippen LogP contribution in [0, 0.1) is 6.92 Å². The summed E-state index contributed by atoms with van der Waals surface area (Å²) in [5, 5.41) is 0.724. The van der Waals surface area contributed by atoms with E-state index in [9.17, 15) is 4.79 Å². The minimum absolute atomic E-state index is 0.0715. The van der Waals surface area contributed by atoms with Crippen LogP contribution in [0.2, 0.25) is 0 Å². The van der Waals surface area contributed by atoms with Crippen LogP contribution in [0.4, 0.5) is 0 Å². The van der Waals surface area contributed by atoms with Gasteiger partial charge in [0.1, 0.15) is 12.2 Å². The van der Waals surface area contributed by atoms with E-state index in [0.29, 0.717) is 5.56 Å². The Kier molecular flexibility index (Phi) is 10.7. The van der Waals surface area contributed by atoms with E-state index < -0.39 is 0 Å². The molecule has 0 spiro atoms. The molecular formula is C18H25Br3O3. The normalized spacial score (nSPS) is 14.9. The van der Waals surface area contributed by atoms with Crippen LogP contribution in [0.5, 0.6) is 0 Å². The van der Waals surface area contributed by atoms with Gasteiger partial charge in [0.05, 0.1) is 10.4 Å². The summed E-state index contributed by atoms with van der Waals surface area (Å²) in [5.41, 5.74) is 1.48. The summed E-state index contributed by atoms with van der Waals surface area (Å²) in [6, 6.07) is 5.68. The van der Waals surface area contributed by atoms with Crippen molar-refractivity contribution in [3.8, 4) is 0 Å². The van der Waals surface area contributed by atoms with Gasteiger partial charge in [0.25, 0.3) is 0 Å². The third kappa shape index (κ3) is 6.43. The number of ether oxygens (including phenoxy) is 2. The number of benzene rings is 1. The molecule has 0 bridgehead atoms. The molecule has 3 nitrogen and oxygen atoms in total. The first-order chi connectivity index (χ1) is 11.5. The molecule has 1 aromatic carbocycles. The molecule has 0 aliphatic carbocycles. The number of hydrogen-bond acceptors (Lipinski definition) is 3. The number of esters is 1. The zero-order valence-electron chi connectivity index (χ0n) is 14.4. The fourth-order valence-corrected chi connectivity index (χ4v) is 4.14. The first-order valence-corrected chi connectivity index (χ1v) is 11.0. The highest BCUT2D eigenvalue weighted by Gasteiger charge is 2.31. The number of alkyl halides is 2. The topological polar surface area (TPSA) is 35.5 Å². The summed E-state index contributed by atoms with van der Waals surface area (Å²) < 4.78 is 12.3. The minimum atomic E-state index is -0.308. The minimum Gasteiger partial charge on any atom is -0.456 e. The zero-order chi connectivity index (χ0) is 18.1. The van der Waals surface area contributed by atoms with E-state index in [1.165, 1.54) is 0 Å². The quantitative estimate of drug-likeness (QED) is 0.211. The van der Waals surface area contributed by atoms with Crippen molar-refractivity contribution < 1.29 is 14.3 Å². The van der Waals surface area contributed by atoms with Gasteiger partial charge in [-0.15, -0.1) is 0 Å². The highest BCUT2D eigenvalue weighted by molar-refractivity contribution is 9.12. The molecule has 1 rings (SSSR count). The van der Waals surface area contributed by atoms with Gasteiger partial charge in [-0.3, -0.25) is 0 Å². The van der Waals surface area contributed by atoms with Crippen molar-refractivity contribution in [2.45, 2.75) is 56.6 Å². The molecule has 0 heterocycles. The number of unbranched alkanes of at least 4 members (excludes halogenated alkanes) is 2. The number of carbonyl (C=O) groups excluding carboxylic acids is 1. The zero-order valence-corrected chi connectivity index (χ0v) is 19.1. The van der Waals surface area contributed by atoms with E-state index in [2.05, 4.69) is 54.7 Å². The highest BCUT2D eigenvalue weighted by atomic mass is 79.9. The Morgan fingerprint density at radius 2 is 2.00 bits per heavy atom. The second kappa shape index (κ2) is 11.7. The second-order valence-electron chi connectivity index (χ2n) is 5.74. The number of halogens is 3. The fraction of sp³-hybridized carbons (Fsp3) is 0.611. The van der Waals surface area contributed by atoms with Crippen molar-refractivity contribution in [1.29, 1.82) is 0 Å². The van der Waals surface area contributed by atoms with Crippen LogP contribution in [-0.4, -0.2) is 35.4 Å². The Bertz CT molecular complexity index is 502.